The van der Waals surface area contributed by atoms with Crippen molar-refractivity contribution in [3.8, 4) is 0 Å². The van der Waals surface area contributed by atoms with Gasteiger partial charge in [0.1, 0.15) is 5.15 Å². The van der Waals surface area contributed by atoms with Crippen molar-refractivity contribution in [2.24, 2.45) is 7.05 Å². The van der Waals surface area contributed by atoms with Gasteiger partial charge in [-0.15, -0.1) is 0 Å². The smallest absolute Gasteiger partial charge is 0.132 e. The molecule has 0 aromatic carbocycles. The number of rotatable bonds is 4. The first-order chi connectivity index (χ1) is 8.60. The van der Waals surface area contributed by atoms with Crippen LogP contribution < -0.4 is 5.32 Å². The minimum Gasteiger partial charge on any atom is -0.380 e. The van der Waals surface area contributed by atoms with Crippen molar-refractivity contribution in [1.82, 2.24) is 14.8 Å². The minimum atomic E-state index is 0.552. The molecule has 0 aliphatic heterocycles. The van der Waals surface area contributed by atoms with E-state index in [4.69, 9.17) is 11.6 Å². The van der Waals surface area contributed by atoms with E-state index in [9.17, 15) is 0 Å². The van der Waals surface area contributed by atoms with Crippen molar-refractivity contribution in [2.75, 3.05) is 5.32 Å². The van der Waals surface area contributed by atoms with Crippen LogP contribution in [0, 0.1) is 6.92 Å². The molecule has 2 aromatic heterocycles. The second-order valence-corrected chi connectivity index (χ2v) is 4.67. The summed E-state index contributed by atoms with van der Waals surface area (Å²) in [4.78, 5) is 4.12. The molecule has 0 atom stereocenters. The van der Waals surface area contributed by atoms with Crippen LogP contribution in [-0.2, 0) is 20.0 Å². The van der Waals surface area contributed by atoms with Crippen molar-refractivity contribution in [3.05, 3.63) is 40.4 Å². The summed E-state index contributed by atoms with van der Waals surface area (Å²) >= 11 is 5.90. The maximum Gasteiger partial charge on any atom is 0.132 e. The van der Waals surface area contributed by atoms with Crippen LogP contribution in [0.15, 0.2) is 18.5 Å². The van der Waals surface area contributed by atoms with Gasteiger partial charge in [0.2, 0.25) is 0 Å². The summed E-state index contributed by atoms with van der Waals surface area (Å²) in [5, 5.41) is 8.31. The molecule has 4 nitrogen and oxygen atoms in total. The molecule has 2 rings (SSSR count). The Hall–Kier alpha value is -1.55. The standard InChI is InChI=1S/C13H17ClN4/c1-4-12-10(8-18(3)17-12)6-15-11-5-9(2)13(14)16-7-11/h5,7-8,15H,4,6H2,1-3H3. The predicted molar refractivity (Wildman–Crippen MR) is 73.9 cm³/mol. The molecule has 0 spiro atoms. The van der Waals surface area contributed by atoms with Crippen LogP contribution in [0.25, 0.3) is 0 Å². The van der Waals surface area contributed by atoms with Gasteiger partial charge in [-0.2, -0.15) is 5.10 Å². The van der Waals surface area contributed by atoms with Crippen molar-refractivity contribution >= 4 is 17.3 Å². The molecule has 0 bridgehead atoms. The lowest BCUT2D eigenvalue weighted by atomic mass is 10.2. The fourth-order valence-electron chi connectivity index (χ4n) is 1.88. The highest BCUT2D eigenvalue weighted by molar-refractivity contribution is 6.30. The lowest BCUT2D eigenvalue weighted by Crippen LogP contribution is -2.01. The third-order valence-corrected chi connectivity index (χ3v) is 3.22. The van der Waals surface area contributed by atoms with Gasteiger partial charge in [-0.3, -0.25) is 4.68 Å². The van der Waals surface area contributed by atoms with Gasteiger partial charge in [0.05, 0.1) is 17.6 Å². The molecule has 96 valence electrons. The lowest BCUT2D eigenvalue weighted by Gasteiger charge is -2.07. The Labute approximate surface area is 112 Å². The highest BCUT2D eigenvalue weighted by Gasteiger charge is 2.06. The Bertz CT molecular complexity index is 548. The van der Waals surface area contributed by atoms with Crippen molar-refractivity contribution in [2.45, 2.75) is 26.8 Å². The Balaban J connectivity index is 2.08. The lowest BCUT2D eigenvalue weighted by molar-refractivity contribution is 0.746. The largest absolute Gasteiger partial charge is 0.380 e. The highest BCUT2D eigenvalue weighted by Crippen LogP contribution is 2.17. The molecule has 18 heavy (non-hydrogen) atoms. The summed E-state index contributed by atoms with van der Waals surface area (Å²) < 4.78 is 1.85. The molecule has 0 aliphatic carbocycles. The van der Waals surface area contributed by atoms with Crippen LogP contribution in [0.3, 0.4) is 0 Å². The van der Waals surface area contributed by atoms with Gasteiger partial charge < -0.3 is 5.32 Å². The van der Waals surface area contributed by atoms with Gasteiger partial charge in [-0.25, -0.2) is 4.98 Å². The Morgan fingerprint density at radius 1 is 1.44 bits per heavy atom. The van der Waals surface area contributed by atoms with Gasteiger partial charge in [0.25, 0.3) is 0 Å². The molecule has 0 unspecified atom stereocenters. The van der Waals surface area contributed by atoms with Gasteiger partial charge >= 0.3 is 0 Å². The third-order valence-electron chi connectivity index (χ3n) is 2.82. The fraction of sp³-hybridized carbons (Fsp3) is 0.385. The number of nitrogens with zero attached hydrogens (tertiary/aromatic N) is 3. The molecule has 0 fully saturated rings. The van der Waals surface area contributed by atoms with E-state index in [2.05, 4.69) is 22.3 Å². The molecule has 2 aromatic rings. The second kappa shape index (κ2) is 5.40. The number of halogens is 1. The summed E-state index contributed by atoms with van der Waals surface area (Å²) in [5.41, 5.74) is 4.29. The summed E-state index contributed by atoms with van der Waals surface area (Å²) in [6.07, 6.45) is 4.73. The minimum absolute atomic E-state index is 0.552. The van der Waals surface area contributed by atoms with Crippen LogP contribution in [0.2, 0.25) is 5.15 Å². The maximum absolute atomic E-state index is 5.90. The van der Waals surface area contributed by atoms with E-state index in [0.717, 1.165) is 29.9 Å². The van der Waals surface area contributed by atoms with Gasteiger partial charge in [0, 0.05) is 25.4 Å². The first kappa shape index (κ1) is 12.9. The zero-order valence-electron chi connectivity index (χ0n) is 10.9. The first-order valence-corrected chi connectivity index (χ1v) is 6.35. The average Bonchev–Trinajstić information content (AvgIpc) is 2.71. The summed E-state index contributed by atoms with van der Waals surface area (Å²) in [6, 6.07) is 2.00. The van der Waals surface area contributed by atoms with E-state index >= 15 is 0 Å². The number of pyridine rings is 1. The number of aryl methyl sites for hydroxylation is 3. The number of nitrogens with one attached hydrogen (secondary N) is 1. The van der Waals surface area contributed by atoms with Crippen LogP contribution in [0.4, 0.5) is 5.69 Å². The number of hydrogen-bond acceptors (Lipinski definition) is 3. The Kier molecular flexibility index (Phi) is 3.87. The van der Waals surface area contributed by atoms with Crippen LogP contribution in [0.5, 0.6) is 0 Å². The first-order valence-electron chi connectivity index (χ1n) is 5.97. The van der Waals surface area contributed by atoms with Gasteiger partial charge in [0.15, 0.2) is 0 Å². The van der Waals surface area contributed by atoms with Gasteiger partial charge in [-0.1, -0.05) is 18.5 Å². The molecular formula is C13H17ClN4. The normalized spacial score (nSPS) is 10.7. The molecule has 2 heterocycles. The average molecular weight is 265 g/mol. The quantitative estimate of drug-likeness (QED) is 0.864. The molecule has 0 amide bonds. The van der Waals surface area contributed by atoms with E-state index < -0.39 is 0 Å². The SMILES string of the molecule is CCc1nn(C)cc1CNc1cnc(Cl)c(C)c1. The predicted octanol–water partition coefficient (Wildman–Crippen LogP) is 2.95. The summed E-state index contributed by atoms with van der Waals surface area (Å²) in [7, 11) is 1.94. The summed E-state index contributed by atoms with van der Waals surface area (Å²) in [6.45, 7) is 4.81. The zero-order valence-corrected chi connectivity index (χ0v) is 11.6. The van der Waals surface area contributed by atoms with E-state index in [-0.39, 0.29) is 0 Å². The zero-order chi connectivity index (χ0) is 13.1. The molecule has 1 N–H and O–H groups in total. The molecule has 0 aliphatic rings. The molecule has 0 saturated carbocycles. The van der Waals surface area contributed by atoms with E-state index in [1.807, 2.05) is 30.9 Å². The summed E-state index contributed by atoms with van der Waals surface area (Å²) in [5.74, 6) is 0. The fourth-order valence-corrected chi connectivity index (χ4v) is 1.98. The molecule has 0 saturated heterocycles. The van der Waals surface area contributed by atoms with Crippen molar-refractivity contribution < 1.29 is 0 Å². The number of anilines is 1. The third kappa shape index (κ3) is 2.82. The van der Waals surface area contributed by atoms with Crippen molar-refractivity contribution in [1.29, 1.82) is 0 Å². The van der Waals surface area contributed by atoms with E-state index in [0.29, 0.717) is 5.15 Å². The maximum atomic E-state index is 5.90. The van der Waals surface area contributed by atoms with Crippen LogP contribution in [-0.4, -0.2) is 14.8 Å². The molecule has 5 heteroatoms. The van der Waals surface area contributed by atoms with Crippen molar-refractivity contribution in [3.63, 3.8) is 0 Å². The van der Waals surface area contributed by atoms with Crippen LogP contribution in [0.1, 0.15) is 23.7 Å². The molecular weight excluding hydrogens is 248 g/mol. The highest BCUT2D eigenvalue weighted by atomic mass is 35.5. The molecule has 0 radical (unpaired) electrons. The monoisotopic (exact) mass is 264 g/mol. The Morgan fingerprint density at radius 3 is 2.89 bits per heavy atom. The van der Waals surface area contributed by atoms with Crippen LogP contribution >= 0.6 is 11.6 Å². The van der Waals surface area contributed by atoms with E-state index in [1.165, 1.54) is 5.56 Å². The van der Waals surface area contributed by atoms with Gasteiger partial charge in [-0.05, 0) is 25.0 Å². The Morgan fingerprint density at radius 2 is 2.22 bits per heavy atom. The second-order valence-electron chi connectivity index (χ2n) is 4.31. The topological polar surface area (TPSA) is 42.7 Å². The number of aromatic nitrogens is 3. The van der Waals surface area contributed by atoms with E-state index in [1.54, 1.807) is 6.20 Å². The number of hydrogen-bond donors (Lipinski definition) is 1.